The van der Waals surface area contributed by atoms with E-state index < -0.39 is 12.0 Å². The van der Waals surface area contributed by atoms with Crippen molar-refractivity contribution in [1.29, 1.82) is 0 Å². The smallest absolute Gasteiger partial charge is 0.318 e. The van der Waals surface area contributed by atoms with Crippen molar-refractivity contribution in [3.63, 3.8) is 0 Å². The number of nitrogens with zero attached hydrogens (tertiary/aromatic N) is 2. The maximum absolute atomic E-state index is 12.2. The number of piperazine rings is 1. The first kappa shape index (κ1) is 17.3. The summed E-state index contributed by atoms with van der Waals surface area (Å²) in [7, 11) is 1.70. The van der Waals surface area contributed by atoms with Crippen LogP contribution in [-0.2, 0) is 9.59 Å². The van der Waals surface area contributed by atoms with Crippen molar-refractivity contribution in [2.75, 3.05) is 26.7 Å². The van der Waals surface area contributed by atoms with Crippen molar-refractivity contribution in [1.82, 2.24) is 15.1 Å². The van der Waals surface area contributed by atoms with Gasteiger partial charge < -0.3 is 20.2 Å². The van der Waals surface area contributed by atoms with Gasteiger partial charge in [-0.05, 0) is 11.8 Å². The molecule has 0 radical (unpaired) electrons. The Balaban J connectivity index is 2.63. The summed E-state index contributed by atoms with van der Waals surface area (Å²) < 4.78 is 0. The average molecular weight is 299 g/mol. The summed E-state index contributed by atoms with van der Waals surface area (Å²) in [6.45, 7) is 6.98. The number of likely N-dealkylation sites (N-methyl/N-ethyl adjacent to an activating group) is 1. The van der Waals surface area contributed by atoms with Crippen LogP contribution < -0.4 is 5.32 Å². The number of urea groups is 1. The van der Waals surface area contributed by atoms with Crippen LogP contribution in [0.2, 0.25) is 0 Å². The van der Waals surface area contributed by atoms with Gasteiger partial charge >= 0.3 is 12.0 Å². The number of carbonyl (C=O) groups is 3. The summed E-state index contributed by atoms with van der Waals surface area (Å²) in [5, 5.41) is 11.7. The molecule has 1 saturated heterocycles. The molecule has 1 rings (SSSR count). The monoisotopic (exact) mass is 299 g/mol. The zero-order valence-electron chi connectivity index (χ0n) is 13.2. The van der Waals surface area contributed by atoms with E-state index in [9.17, 15) is 14.4 Å². The molecule has 0 aliphatic carbocycles. The van der Waals surface area contributed by atoms with E-state index in [0.29, 0.717) is 19.5 Å². The Hall–Kier alpha value is -1.79. The van der Waals surface area contributed by atoms with Crippen molar-refractivity contribution >= 4 is 17.9 Å². The van der Waals surface area contributed by atoms with E-state index in [2.05, 4.69) is 5.32 Å². The van der Waals surface area contributed by atoms with Crippen LogP contribution in [-0.4, -0.2) is 65.5 Å². The van der Waals surface area contributed by atoms with Crippen LogP contribution in [0.25, 0.3) is 0 Å². The normalized spacial score (nSPS) is 17.6. The molecule has 3 amide bonds. The Morgan fingerprint density at radius 3 is 2.43 bits per heavy atom. The molecule has 0 aromatic rings. The summed E-state index contributed by atoms with van der Waals surface area (Å²) in [6, 6.07) is -0.809. The number of hydrogen-bond acceptors (Lipinski definition) is 3. The molecule has 7 heteroatoms. The SMILES string of the molecule is CN1CCN(C(=O)NC(CC(=O)O)CC(C)(C)C)CC1=O. The molecule has 120 valence electrons. The lowest BCUT2D eigenvalue weighted by atomic mass is 9.87. The van der Waals surface area contributed by atoms with Crippen LogP contribution in [0.5, 0.6) is 0 Å². The fraction of sp³-hybridized carbons (Fsp3) is 0.786. The van der Waals surface area contributed by atoms with E-state index in [-0.39, 0.29) is 30.3 Å². The van der Waals surface area contributed by atoms with Crippen molar-refractivity contribution in [2.24, 2.45) is 5.41 Å². The molecule has 0 aromatic heterocycles. The van der Waals surface area contributed by atoms with Gasteiger partial charge in [-0.3, -0.25) is 9.59 Å². The van der Waals surface area contributed by atoms with E-state index in [0.717, 1.165) is 0 Å². The highest BCUT2D eigenvalue weighted by Crippen LogP contribution is 2.22. The number of carbonyl (C=O) groups excluding carboxylic acids is 2. The molecule has 2 N–H and O–H groups in total. The third-order valence-corrected chi connectivity index (χ3v) is 3.35. The second-order valence-electron chi connectivity index (χ2n) is 6.75. The summed E-state index contributed by atoms with van der Waals surface area (Å²) >= 11 is 0. The Kier molecular flexibility index (Phi) is 5.57. The molecule has 0 aromatic carbocycles. The Morgan fingerprint density at radius 1 is 1.33 bits per heavy atom. The first-order valence-corrected chi connectivity index (χ1v) is 7.09. The molecule has 1 heterocycles. The molecule has 1 aliphatic rings. The maximum atomic E-state index is 12.2. The highest BCUT2D eigenvalue weighted by Gasteiger charge is 2.28. The maximum Gasteiger partial charge on any atom is 0.318 e. The van der Waals surface area contributed by atoms with Gasteiger partial charge in [0.05, 0.1) is 6.42 Å². The van der Waals surface area contributed by atoms with Crippen LogP contribution >= 0.6 is 0 Å². The molecule has 1 unspecified atom stereocenters. The van der Waals surface area contributed by atoms with Gasteiger partial charge in [-0.25, -0.2) is 4.79 Å². The first-order valence-electron chi connectivity index (χ1n) is 7.09. The van der Waals surface area contributed by atoms with Gasteiger partial charge in [0.25, 0.3) is 0 Å². The quantitative estimate of drug-likeness (QED) is 0.801. The Morgan fingerprint density at radius 2 is 1.95 bits per heavy atom. The van der Waals surface area contributed by atoms with Gasteiger partial charge in [-0.2, -0.15) is 0 Å². The van der Waals surface area contributed by atoms with Crippen molar-refractivity contribution in [3.05, 3.63) is 0 Å². The fourth-order valence-corrected chi connectivity index (χ4v) is 2.32. The third kappa shape index (κ3) is 6.01. The van der Waals surface area contributed by atoms with E-state index >= 15 is 0 Å². The van der Waals surface area contributed by atoms with Crippen LogP contribution in [0.3, 0.4) is 0 Å². The number of nitrogens with one attached hydrogen (secondary N) is 1. The largest absolute Gasteiger partial charge is 0.481 e. The van der Waals surface area contributed by atoms with Gasteiger partial charge in [-0.15, -0.1) is 0 Å². The topological polar surface area (TPSA) is 89.9 Å². The molecule has 21 heavy (non-hydrogen) atoms. The van der Waals surface area contributed by atoms with Gasteiger partial charge in [0.1, 0.15) is 6.54 Å². The van der Waals surface area contributed by atoms with Gasteiger partial charge in [0.15, 0.2) is 0 Å². The summed E-state index contributed by atoms with van der Waals surface area (Å²) in [5.41, 5.74) is -0.0919. The van der Waals surface area contributed by atoms with Crippen molar-refractivity contribution in [3.8, 4) is 0 Å². The molecule has 1 fully saturated rings. The molecule has 0 bridgehead atoms. The molecule has 0 spiro atoms. The van der Waals surface area contributed by atoms with E-state index in [1.165, 1.54) is 4.90 Å². The third-order valence-electron chi connectivity index (χ3n) is 3.35. The minimum atomic E-state index is -0.945. The summed E-state index contributed by atoms with van der Waals surface area (Å²) in [5.74, 6) is -1.05. The minimum Gasteiger partial charge on any atom is -0.481 e. The second kappa shape index (κ2) is 6.78. The zero-order chi connectivity index (χ0) is 16.2. The summed E-state index contributed by atoms with van der Waals surface area (Å²) in [4.78, 5) is 37.7. The number of hydrogen-bond donors (Lipinski definition) is 2. The molecular formula is C14H25N3O4. The van der Waals surface area contributed by atoms with E-state index in [1.807, 2.05) is 20.8 Å². The fourth-order valence-electron chi connectivity index (χ4n) is 2.32. The van der Waals surface area contributed by atoms with Gasteiger partial charge in [0.2, 0.25) is 5.91 Å². The van der Waals surface area contributed by atoms with Crippen LogP contribution in [0, 0.1) is 5.41 Å². The van der Waals surface area contributed by atoms with Crippen molar-refractivity contribution in [2.45, 2.75) is 39.7 Å². The summed E-state index contributed by atoms with van der Waals surface area (Å²) in [6.07, 6.45) is 0.442. The van der Waals surface area contributed by atoms with E-state index in [1.54, 1.807) is 11.9 Å². The second-order valence-corrected chi connectivity index (χ2v) is 6.75. The lowest BCUT2D eigenvalue weighted by Gasteiger charge is -2.34. The van der Waals surface area contributed by atoms with Crippen LogP contribution in [0.1, 0.15) is 33.6 Å². The predicted octanol–water partition coefficient (Wildman–Crippen LogP) is 0.749. The van der Waals surface area contributed by atoms with Crippen LogP contribution in [0.4, 0.5) is 4.79 Å². The van der Waals surface area contributed by atoms with Crippen molar-refractivity contribution < 1.29 is 19.5 Å². The minimum absolute atomic E-state index is 0.0393. The Labute approximate surface area is 125 Å². The molecule has 0 saturated carbocycles. The molecule has 1 aliphatic heterocycles. The molecule has 1 atom stereocenters. The lowest BCUT2D eigenvalue weighted by molar-refractivity contribution is -0.138. The number of carboxylic acids is 1. The van der Waals surface area contributed by atoms with Gasteiger partial charge in [-0.1, -0.05) is 20.8 Å². The highest BCUT2D eigenvalue weighted by atomic mass is 16.4. The number of rotatable bonds is 4. The standard InChI is InChI=1S/C14H25N3O4/c1-14(2,3)8-10(7-12(19)20)15-13(21)17-6-5-16(4)11(18)9-17/h10H,5-9H2,1-4H3,(H,15,21)(H,19,20). The predicted molar refractivity (Wildman–Crippen MR) is 77.9 cm³/mol. The average Bonchev–Trinajstić information content (AvgIpc) is 2.29. The molecular weight excluding hydrogens is 274 g/mol. The number of carboxylic acid groups (broad SMARTS) is 1. The zero-order valence-corrected chi connectivity index (χ0v) is 13.2. The van der Waals surface area contributed by atoms with Crippen LogP contribution in [0.15, 0.2) is 0 Å². The lowest BCUT2D eigenvalue weighted by Crippen LogP contribution is -2.55. The highest BCUT2D eigenvalue weighted by molar-refractivity contribution is 5.85. The van der Waals surface area contributed by atoms with Gasteiger partial charge in [0, 0.05) is 26.2 Å². The first-order chi connectivity index (χ1) is 9.58. The van der Waals surface area contributed by atoms with E-state index in [4.69, 9.17) is 5.11 Å². The number of amides is 3. The molecule has 7 nitrogen and oxygen atoms in total. The Bertz CT molecular complexity index is 417. The number of aliphatic carboxylic acids is 1.